The summed E-state index contributed by atoms with van der Waals surface area (Å²) in [4.78, 5) is 17.7. The van der Waals surface area contributed by atoms with Crippen molar-refractivity contribution in [3.05, 3.63) is 52.7 Å². The van der Waals surface area contributed by atoms with E-state index in [2.05, 4.69) is 17.2 Å². The molecule has 37 heavy (non-hydrogen) atoms. The van der Waals surface area contributed by atoms with Gasteiger partial charge in [-0.15, -0.1) is 0 Å². The van der Waals surface area contributed by atoms with Crippen molar-refractivity contribution in [1.82, 2.24) is 14.6 Å². The summed E-state index contributed by atoms with van der Waals surface area (Å²) in [5.74, 6) is 5.49. The van der Waals surface area contributed by atoms with Crippen LogP contribution < -0.4 is 5.32 Å². The van der Waals surface area contributed by atoms with Gasteiger partial charge in [-0.05, 0) is 64.8 Å². The van der Waals surface area contributed by atoms with Crippen LogP contribution in [0.15, 0.2) is 30.3 Å². The minimum absolute atomic E-state index is 0.0856. The van der Waals surface area contributed by atoms with Gasteiger partial charge in [0.05, 0.1) is 23.1 Å². The van der Waals surface area contributed by atoms with Crippen molar-refractivity contribution in [2.24, 2.45) is 0 Å². The number of carbonyl (C=O) groups is 1. The Labute approximate surface area is 222 Å². The number of rotatable bonds is 8. The number of benzene rings is 1. The molecule has 8 nitrogen and oxygen atoms in total. The van der Waals surface area contributed by atoms with Crippen molar-refractivity contribution < 1.29 is 24.0 Å². The summed E-state index contributed by atoms with van der Waals surface area (Å²) >= 11 is 0. The molecule has 0 aliphatic carbocycles. The standard InChI is InChI=1S/C28H37N3O5S/c1-27(2,3)37(35)31-18-21-17-22(26(33)29-13-15-36-6)30-25(24(21)23(31)11-14-32)20-9-7-8-19(16-20)10-12-28(4,5)34/h7-9,16-17,23,32,34H,11,13-15,18H2,1-6H3,(H,29,33)/t23-,37?/m1/s1. The summed E-state index contributed by atoms with van der Waals surface area (Å²) < 4.78 is 19.9. The number of amides is 1. The number of fused-ring (bicyclic) bond motifs is 1. The van der Waals surface area contributed by atoms with Crippen LogP contribution in [-0.4, -0.2) is 66.8 Å². The number of hydrogen-bond acceptors (Lipinski definition) is 6. The van der Waals surface area contributed by atoms with E-state index in [4.69, 9.17) is 9.72 Å². The van der Waals surface area contributed by atoms with Crippen molar-refractivity contribution in [1.29, 1.82) is 0 Å². The molecule has 0 saturated carbocycles. The Kier molecular flexibility index (Phi) is 9.27. The first-order valence-electron chi connectivity index (χ1n) is 12.3. The SMILES string of the molecule is COCCNC(=O)c1cc2c(c(-c3cccc(C#CC(C)(C)O)c3)n1)[C@@H](CCO)N(S(=O)C(C)(C)C)C2. The minimum Gasteiger partial charge on any atom is -0.396 e. The number of aliphatic hydroxyl groups excluding tert-OH is 1. The van der Waals surface area contributed by atoms with Crippen LogP contribution in [0.1, 0.15) is 74.3 Å². The van der Waals surface area contributed by atoms with Crippen LogP contribution in [0.25, 0.3) is 11.3 Å². The number of aliphatic hydroxyl groups is 2. The van der Waals surface area contributed by atoms with Crippen LogP contribution in [0, 0.1) is 11.8 Å². The van der Waals surface area contributed by atoms with E-state index in [1.807, 2.05) is 49.3 Å². The monoisotopic (exact) mass is 527 g/mol. The lowest BCUT2D eigenvalue weighted by Crippen LogP contribution is -2.36. The lowest BCUT2D eigenvalue weighted by atomic mass is 9.95. The predicted molar refractivity (Wildman–Crippen MR) is 145 cm³/mol. The summed E-state index contributed by atoms with van der Waals surface area (Å²) in [6.07, 6.45) is 0.376. The van der Waals surface area contributed by atoms with E-state index in [9.17, 15) is 19.2 Å². The molecular weight excluding hydrogens is 490 g/mol. The van der Waals surface area contributed by atoms with Crippen molar-refractivity contribution in [3.63, 3.8) is 0 Å². The highest BCUT2D eigenvalue weighted by atomic mass is 32.2. The van der Waals surface area contributed by atoms with E-state index in [0.29, 0.717) is 37.4 Å². The molecule has 1 aliphatic heterocycles. The third kappa shape index (κ3) is 7.24. The first-order valence-corrected chi connectivity index (χ1v) is 13.4. The van der Waals surface area contributed by atoms with Gasteiger partial charge >= 0.3 is 0 Å². The van der Waals surface area contributed by atoms with Gasteiger partial charge in [-0.3, -0.25) is 4.79 Å². The van der Waals surface area contributed by atoms with Gasteiger partial charge in [0.25, 0.3) is 5.91 Å². The Morgan fingerprint density at radius 3 is 2.62 bits per heavy atom. The fourth-order valence-corrected chi connectivity index (χ4v) is 5.53. The van der Waals surface area contributed by atoms with Crippen LogP contribution >= 0.6 is 0 Å². The van der Waals surface area contributed by atoms with E-state index >= 15 is 0 Å². The highest BCUT2D eigenvalue weighted by Gasteiger charge is 2.40. The molecule has 1 aliphatic rings. The van der Waals surface area contributed by atoms with E-state index < -0.39 is 21.3 Å². The Bertz CT molecular complexity index is 1220. The van der Waals surface area contributed by atoms with Crippen molar-refractivity contribution in [2.45, 2.75) is 64.0 Å². The molecule has 200 valence electrons. The Morgan fingerprint density at radius 1 is 1.27 bits per heavy atom. The van der Waals surface area contributed by atoms with E-state index in [1.54, 1.807) is 27.0 Å². The topological polar surface area (TPSA) is 112 Å². The Balaban J connectivity index is 2.18. The number of hydrogen-bond donors (Lipinski definition) is 3. The van der Waals surface area contributed by atoms with Crippen LogP contribution in [0.2, 0.25) is 0 Å². The first-order chi connectivity index (χ1) is 17.4. The van der Waals surface area contributed by atoms with Crippen molar-refractivity contribution in [2.75, 3.05) is 26.9 Å². The highest BCUT2D eigenvalue weighted by molar-refractivity contribution is 7.84. The molecule has 1 amide bonds. The maximum absolute atomic E-state index is 13.5. The van der Waals surface area contributed by atoms with E-state index in [-0.39, 0.29) is 24.2 Å². The number of nitrogens with one attached hydrogen (secondary N) is 1. The molecule has 2 heterocycles. The summed E-state index contributed by atoms with van der Waals surface area (Å²) in [7, 11) is 0.218. The zero-order valence-electron chi connectivity index (χ0n) is 22.4. The molecule has 1 aromatic carbocycles. The summed E-state index contributed by atoms with van der Waals surface area (Å²) in [5.41, 5.74) is 2.85. The summed E-state index contributed by atoms with van der Waals surface area (Å²) in [6.45, 7) is 10.00. The number of ether oxygens (including phenoxy) is 1. The van der Waals surface area contributed by atoms with E-state index in [0.717, 1.165) is 16.7 Å². The van der Waals surface area contributed by atoms with Gasteiger partial charge in [-0.25, -0.2) is 13.5 Å². The normalized spacial score (nSPS) is 16.6. The molecule has 1 unspecified atom stereocenters. The molecule has 0 bridgehead atoms. The molecule has 0 radical (unpaired) electrons. The molecule has 9 heteroatoms. The summed E-state index contributed by atoms with van der Waals surface area (Å²) in [6, 6.07) is 8.87. The lowest BCUT2D eigenvalue weighted by molar-refractivity contribution is 0.0932. The summed E-state index contributed by atoms with van der Waals surface area (Å²) in [5, 5.41) is 22.7. The van der Waals surface area contributed by atoms with Gasteiger partial charge in [0, 0.05) is 43.5 Å². The zero-order chi connectivity index (χ0) is 27.4. The number of methoxy groups -OCH3 is 1. The molecule has 3 N–H and O–H groups in total. The van der Waals surface area contributed by atoms with Crippen LogP contribution in [0.5, 0.6) is 0 Å². The average molecular weight is 528 g/mol. The predicted octanol–water partition coefficient (Wildman–Crippen LogP) is 2.95. The maximum atomic E-state index is 13.5. The van der Waals surface area contributed by atoms with Crippen LogP contribution in [-0.2, 0) is 22.3 Å². The van der Waals surface area contributed by atoms with E-state index in [1.165, 1.54) is 0 Å². The second-order valence-electron chi connectivity index (χ2n) is 10.5. The van der Waals surface area contributed by atoms with Crippen LogP contribution in [0.4, 0.5) is 0 Å². The minimum atomic E-state index is -1.35. The fraction of sp³-hybridized carbons (Fsp3) is 0.500. The maximum Gasteiger partial charge on any atom is 0.269 e. The molecule has 1 aromatic heterocycles. The molecule has 2 aromatic rings. The lowest BCUT2D eigenvalue weighted by Gasteiger charge is -2.30. The third-order valence-corrected chi connectivity index (χ3v) is 7.62. The molecule has 2 atom stereocenters. The molecule has 3 rings (SSSR count). The quantitative estimate of drug-likeness (QED) is 0.360. The fourth-order valence-electron chi connectivity index (χ4n) is 4.13. The number of pyridine rings is 1. The van der Waals surface area contributed by atoms with Gasteiger partial charge < -0.3 is 20.3 Å². The van der Waals surface area contributed by atoms with Crippen molar-refractivity contribution >= 4 is 16.9 Å². The zero-order valence-corrected chi connectivity index (χ0v) is 23.2. The molecule has 0 fully saturated rings. The van der Waals surface area contributed by atoms with Crippen LogP contribution in [0.3, 0.4) is 0 Å². The van der Waals surface area contributed by atoms with Gasteiger partial charge in [0.1, 0.15) is 22.3 Å². The molecule has 0 saturated heterocycles. The second kappa shape index (κ2) is 11.8. The number of carbonyl (C=O) groups excluding carboxylic acids is 1. The van der Waals surface area contributed by atoms with Gasteiger partial charge in [-0.2, -0.15) is 0 Å². The average Bonchev–Trinajstić information content (AvgIpc) is 3.19. The number of aromatic nitrogens is 1. The second-order valence-corrected chi connectivity index (χ2v) is 12.7. The first kappa shape index (κ1) is 29.0. The molecule has 0 spiro atoms. The van der Waals surface area contributed by atoms with Gasteiger partial charge in [0.2, 0.25) is 0 Å². The van der Waals surface area contributed by atoms with Gasteiger partial charge in [-0.1, -0.05) is 24.0 Å². The number of nitrogens with zero attached hydrogens (tertiary/aromatic N) is 2. The Hall–Kier alpha value is -2.61. The van der Waals surface area contributed by atoms with Crippen molar-refractivity contribution in [3.8, 4) is 23.1 Å². The highest BCUT2D eigenvalue weighted by Crippen LogP contribution is 2.44. The Morgan fingerprint density at radius 2 is 2.00 bits per heavy atom. The van der Waals surface area contributed by atoms with Gasteiger partial charge in [0.15, 0.2) is 0 Å². The smallest absolute Gasteiger partial charge is 0.269 e. The molecular formula is C28H37N3O5S. The third-order valence-electron chi connectivity index (χ3n) is 5.76. The largest absolute Gasteiger partial charge is 0.396 e.